The standard InChI is InChI=1S/C13H10Cl2IN3O4/c14-5-2-6(18-13(22)23)8-10(16)7-1-4(17-12(20)21)3-19(7)11(8)9(5)15/h2,4,17-18H,1,3H2,(H,20,21)(H,22,23)/t4-/m0/s1. The maximum atomic E-state index is 11.0. The second kappa shape index (κ2) is 5.91. The number of aromatic nitrogens is 1. The van der Waals surface area contributed by atoms with Gasteiger partial charge in [-0.2, -0.15) is 0 Å². The first kappa shape index (κ1) is 16.5. The third-order valence-electron chi connectivity index (χ3n) is 3.68. The van der Waals surface area contributed by atoms with Crippen molar-refractivity contribution in [1.29, 1.82) is 0 Å². The monoisotopic (exact) mass is 469 g/mol. The molecule has 23 heavy (non-hydrogen) atoms. The summed E-state index contributed by atoms with van der Waals surface area (Å²) in [6, 6.07) is 1.22. The Morgan fingerprint density at radius 2 is 2.00 bits per heavy atom. The molecule has 0 saturated carbocycles. The molecule has 0 saturated heterocycles. The Kier molecular flexibility index (Phi) is 4.23. The van der Waals surface area contributed by atoms with E-state index in [0.717, 1.165) is 9.26 Å². The number of carbonyl (C=O) groups is 2. The van der Waals surface area contributed by atoms with Gasteiger partial charge in [0.1, 0.15) is 0 Å². The van der Waals surface area contributed by atoms with E-state index in [9.17, 15) is 9.59 Å². The molecule has 122 valence electrons. The SMILES string of the molecule is O=C(O)Nc1cc(Cl)c(Cl)c2c1c(I)c1n2C[C@@H](NC(=O)O)C1. The summed E-state index contributed by atoms with van der Waals surface area (Å²) in [7, 11) is 0. The number of halogens is 3. The molecule has 0 bridgehead atoms. The summed E-state index contributed by atoms with van der Waals surface area (Å²) < 4.78 is 2.72. The van der Waals surface area contributed by atoms with E-state index < -0.39 is 12.2 Å². The molecule has 3 rings (SSSR count). The highest BCUT2D eigenvalue weighted by Gasteiger charge is 2.31. The van der Waals surface area contributed by atoms with Gasteiger partial charge in [0.25, 0.3) is 0 Å². The molecule has 1 atom stereocenters. The maximum absolute atomic E-state index is 11.0. The van der Waals surface area contributed by atoms with Crippen molar-refractivity contribution in [3.63, 3.8) is 0 Å². The number of hydrogen-bond donors (Lipinski definition) is 4. The van der Waals surface area contributed by atoms with Crippen LogP contribution in [0.2, 0.25) is 10.0 Å². The van der Waals surface area contributed by atoms with Crippen LogP contribution < -0.4 is 10.6 Å². The van der Waals surface area contributed by atoms with E-state index >= 15 is 0 Å². The van der Waals surface area contributed by atoms with Gasteiger partial charge in [-0.3, -0.25) is 5.32 Å². The average molecular weight is 470 g/mol. The zero-order valence-electron chi connectivity index (χ0n) is 11.4. The van der Waals surface area contributed by atoms with Crippen molar-refractivity contribution >= 4 is 74.6 Å². The summed E-state index contributed by atoms with van der Waals surface area (Å²) in [4.78, 5) is 21.8. The average Bonchev–Trinajstić information content (AvgIpc) is 2.93. The van der Waals surface area contributed by atoms with Crippen LogP contribution in [0.3, 0.4) is 0 Å². The summed E-state index contributed by atoms with van der Waals surface area (Å²) in [6.45, 7) is 0.410. The van der Waals surface area contributed by atoms with Crippen molar-refractivity contribution in [1.82, 2.24) is 9.88 Å². The summed E-state index contributed by atoms with van der Waals surface area (Å²) in [5.41, 5.74) is 1.87. The van der Waals surface area contributed by atoms with E-state index in [0.29, 0.717) is 34.6 Å². The van der Waals surface area contributed by atoms with Gasteiger partial charge in [-0.25, -0.2) is 9.59 Å². The van der Waals surface area contributed by atoms with Crippen LogP contribution >= 0.6 is 45.8 Å². The first-order valence-electron chi connectivity index (χ1n) is 6.47. The molecule has 2 amide bonds. The predicted octanol–water partition coefficient (Wildman–Crippen LogP) is 3.83. The number of fused-ring (bicyclic) bond motifs is 3. The van der Waals surface area contributed by atoms with Gasteiger partial charge in [-0.15, -0.1) is 0 Å². The molecule has 7 nitrogen and oxygen atoms in total. The number of carboxylic acid groups (broad SMARTS) is 2. The minimum Gasteiger partial charge on any atom is -0.465 e. The Balaban J connectivity index is 2.19. The predicted molar refractivity (Wildman–Crippen MR) is 95.0 cm³/mol. The van der Waals surface area contributed by atoms with Gasteiger partial charge in [0.15, 0.2) is 0 Å². The number of amides is 2. The lowest BCUT2D eigenvalue weighted by atomic mass is 10.1. The Labute approximate surface area is 153 Å². The quantitative estimate of drug-likeness (QED) is 0.501. The summed E-state index contributed by atoms with van der Waals surface area (Å²) in [5, 5.41) is 23.9. The lowest BCUT2D eigenvalue weighted by Crippen LogP contribution is -2.34. The molecule has 2 heterocycles. The van der Waals surface area contributed by atoms with E-state index in [-0.39, 0.29) is 11.1 Å². The largest absolute Gasteiger partial charge is 0.465 e. The van der Waals surface area contributed by atoms with Gasteiger partial charge in [-0.1, -0.05) is 23.2 Å². The molecule has 4 N–H and O–H groups in total. The van der Waals surface area contributed by atoms with E-state index in [2.05, 4.69) is 33.2 Å². The summed E-state index contributed by atoms with van der Waals surface area (Å²) >= 11 is 14.5. The van der Waals surface area contributed by atoms with E-state index in [1.807, 2.05) is 4.57 Å². The van der Waals surface area contributed by atoms with Crippen LogP contribution in [-0.4, -0.2) is 33.0 Å². The molecular weight excluding hydrogens is 460 g/mol. The number of benzene rings is 1. The van der Waals surface area contributed by atoms with Crippen molar-refractivity contribution in [3.8, 4) is 0 Å². The molecule has 1 aliphatic heterocycles. The van der Waals surface area contributed by atoms with Crippen LogP contribution in [-0.2, 0) is 13.0 Å². The number of nitrogens with one attached hydrogen (secondary N) is 2. The number of rotatable bonds is 2. The Bertz CT molecular complexity index is 852. The molecule has 1 aromatic heterocycles. The number of nitrogens with zero attached hydrogens (tertiary/aromatic N) is 1. The molecular formula is C13H10Cl2IN3O4. The Hall–Kier alpha value is -1.39. The van der Waals surface area contributed by atoms with Gasteiger partial charge in [0, 0.05) is 27.6 Å². The molecule has 0 radical (unpaired) electrons. The topological polar surface area (TPSA) is 104 Å². The molecule has 1 aromatic carbocycles. The number of anilines is 1. The van der Waals surface area contributed by atoms with Crippen molar-refractivity contribution in [2.24, 2.45) is 0 Å². The van der Waals surface area contributed by atoms with Crippen LogP contribution in [0.25, 0.3) is 10.9 Å². The fourth-order valence-corrected chi connectivity index (χ4v) is 4.40. The third-order valence-corrected chi connectivity index (χ3v) is 5.61. The highest BCUT2D eigenvalue weighted by atomic mass is 127. The van der Waals surface area contributed by atoms with Crippen LogP contribution in [0.15, 0.2) is 6.07 Å². The van der Waals surface area contributed by atoms with E-state index in [1.165, 1.54) is 6.07 Å². The fourth-order valence-electron chi connectivity index (χ4n) is 2.89. The van der Waals surface area contributed by atoms with Gasteiger partial charge in [-0.05, 0) is 28.7 Å². The van der Waals surface area contributed by atoms with Gasteiger partial charge in [0.05, 0.1) is 27.3 Å². The minimum absolute atomic E-state index is 0.231. The van der Waals surface area contributed by atoms with Gasteiger partial charge >= 0.3 is 12.2 Å². The molecule has 0 unspecified atom stereocenters. The van der Waals surface area contributed by atoms with Crippen LogP contribution in [0.4, 0.5) is 15.3 Å². The molecule has 10 heteroatoms. The second-order valence-corrected chi connectivity index (χ2v) is 6.96. The smallest absolute Gasteiger partial charge is 0.409 e. The maximum Gasteiger partial charge on any atom is 0.409 e. The van der Waals surface area contributed by atoms with E-state index in [1.54, 1.807) is 0 Å². The molecule has 0 fully saturated rings. The fraction of sp³-hybridized carbons (Fsp3) is 0.231. The van der Waals surface area contributed by atoms with Gasteiger partial charge < -0.3 is 20.1 Å². The minimum atomic E-state index is -1.20. The molecule has 0 aliphatic carbocycles. The zero-order valence-corrected chi connectivity index (χ0v) is 15.0. The van der Waals surface area contributed by atoms with Crippen molar-refractivity contribution in [2.45, 2.75) is 19.0 Å². The van der Waals surface area contributed by atoms with Crippen molar-refractivity contribution < 1.29 is 19.8 Å². The molecule has 0 spiro atoms. The highest BCUT2D eigenvalue weighted by Crippen LogP contribution is 2.43. The van der Waals surface area contributed by atoms with E-state index in [4.69, 9.17) is 33.4 Å². The number of hydrogen-bond acceptors (Lipinski definition) is 2. The van der Waals surface area contributed by atoms with Crippen LogP contribution in [0, 0.1) is 3.57 Å². The first-order chi connectivity index (χ1) is 10.8. The second-order valence-electron chi connectivity index (χ2n) is 5.10. The lowest BCUT2D eigenvalue weighted by Gasteiger charge is -2.12. The molecule has 2 aromatic rings. The summed E-state index contributed by atoms with van der Waals surface area (Å²) in [5.74, 6) is 0. The Morgan fingerprint density at radius 3 is 2.61 bits per heavy atom. The van der Waals surface area contributed by atoms with Crippen LogP contribution in [0.5, 0.6) is 0 Å². The van der Waals surface area contributed by atoms with Crippen LogP contribution in [0.1, 0.15) is 5.69 Å². The normalized spacial score (nSPS) is 16.4. The van der Waals surface area contributed by atoms with Crippen molar-refractivity contribution in [3.05, 3.63) is 25.4 Å². The first-order valence-corrected chi connectivity index (χ1v) is 8.31. The van der Waals surface area contributed by atoms with Gasteiger partial charge in [0.2, 0.25) is 0 Å². The third kappa shape index (κ3) is 2.79. The lowest BCUT2D eigenvalue weighted by molar-refractivity contribution is 0.189. The van der Waals surface area contributed by atoms with Crippen molar-refractivity contribution in [2.75, 3.05) is 5.32 Å². The highest BCUT2D eigenvalue weighted by molar-refractivity contribution is 14.1. The summed E-state index contributed by atoms with van der Waals surface area (Å²) in [6.07, 6.45) is -1.78. The Morgan fingerprint density at radius 1 is 1.30 bits per heavy atom. The molecule has 1 aliphatic rings. The zero-order chi connectivity index (χ0) is 16.9.